The van der Waals surface area contributed by atoms with E-state index in [9.17, 15) is 19.5 Å². The maximum absolute atomic E-state index is 13.6. The highest BCUT2D eigenvalue weighted by Gasteiger charge is 2.58. The zero-order valence-corrected chi connectivity index (χ0v) is 19.6. The summed E-state index contributed by atoms with van der Waals surface area (Å²) >= 11 is 0. The molecule has 2 bridgehead atoms. The lowest BCUT2D eigenvalue weighted by Gasteiger charge is -2.44. The fourth-order valence-electron chi connectivity index (χ4n) is 7.22. The number of nitrogens with zero attached hydrogens (tertiary/aromatic N) is 2. The van der Waals surface area contributed by atoms with Crippen LogP contribution >= 0.6 is 0 Å². The molecule has 1 spiro atoms. The molecule has 0 radical (unpaired) electrons. The Bertz CT molecular complexity index is 1110. The lowest BCUT2D eigenvalue weighted by atomic mass is 9.72. The van der Waals surface area contributed by atoms with Crippen LogP contribution in [-0.2, 0) is 25.7 Å². The van der Waals surface area contributed by atoms with Crippen LogP contribution in [0.4, 0.5) is 0 Å². The molecule has 180 valence electrons. The van der Waals surface area contributed by atoms with Crippen molar-refractivity contribution in [2.45, 2.75) is 76.8 Å². The molecule has 3 fully saturated rings. The van der Waals surface area contributed by atoms with Gasteiger partial charge in [-0.05, 0) is 63.1 Å². The summed E-state index contributed by atoms with van der Waals surface area (Å²) < 4.78 is 10.2. The van der Waals surface area contributed by atoms with E-state index in [4.69, 9.17) is 9.47 Å². The summed E-state index contributed by atoms with van der Waals surface area (Å²) in [5.41, 5.74) is 3.51. The summed E-state index contributed by atoms with van der Waals surface area (Å²) in [5.74, 6) is -0.550. The molecular formula is C26H30N2O6. The summed E-state index contributed by atoms with van der Waals surface area (Å²) in [4.78, 5) is 41.3. The molecule has 34 heavy (non-hydrogen) atoms. The molecule has 5 heterocycles. The maximum Gasteiger partial charge on any atom is 0.338 e. The summed E-state index contributed by atoms with van der Waals surface area (Å²) in [6.45, 7) is 4.95. The van der Waals surface area contributed by atoms with Crippen molar-refractivity contribution in [3.05, 3.63) is 46.2 Å². The number of aliphatic hydroxyl groups excluding tert-OH is 1. The Morgan fingerprint density at radius 1 is 1.09 bits per heavy atom. The number of aliphatic hydroxyl groups is 1. The normalized spacial score (nSPS) is 33.4. The van der Waals surface area contributed by atoms with Crippen molar-refractivity contribution < 1.29 is 29.0 Å². The van der Waals surface area contributed by atoms with E-state index in [-0.39, 0.29) is 49.2 Å². The second kappa shape index (κ2) is 7.65. The lowest BCUT2D eigenvalue weighted by molar-refractivity contribution is -0.140. The van der Waals surface area contributed by atoms with E-state index in [1.807, 2.05) is 13.0 Å². The lowest BCUT2D eigenvalue weighted by Crippen LogP contribution is -2.51. The Hall–Kier alpha value is -2.71. The Morgan fingerprint density at radius 3 is 2.50 bits per heavy atom. The highest BCUT2D eigenvalue weighted by Crippen LogP contribution is 2.53. The predicted octanol–water partition coefficient (Wildman–Crippen LogP) is 2.37. The summed E-state index contributed by atoms with van der Waals surface area (Å²) in [5, 5.41) is 11.2. The first-order chi connectivity index (χ1) is 16.3. The van der Waals surface area contributed by atoms with Crippen LogP contribution in [0.15, 0.2) is 23.9 Å². The van der Waals surface area contributed by atoms with Gasteiger partial charge < -0.3 is 19.5 Å². The van der Waals surface area contributed by atoms with E-state index >= 15 is 0 Å². The second-order valence-electron chi connectivity index (χ2n) is 10.6. The fourth-order valence-corrected chi connectivity index (χ4v) is 7.22. The number of carbonyl (C=O) groups is 3. The molecule has 1 amide bonds. The van der Waals surface area contributed by atoms with Gasteiger partial charge in [-0.25, -0.2) is 9.59 Å². The van der Waals surface area contributed by atoms with Crippen molar-refractivity contribution in [1.82, 2.24) is 9.80 Å². The van der Waals surface area contributed by atoms with Gasteiger partial charge in [-0.1, -0.05) is 6.07 Å². The molecule has 1 aromatic carbocycles. The first-order valence-corrected chi connectivity index (χ1v) is 12.2. The van der Waals surface area contributed by atoms with Crippen molar-refractivity contribution in [2.24, 2.45) is 5.41 Å². The third-order valence-electron chi connectivity index (χ3n) is 8.73. The van der Waals surface area contributed by atoms with Crippen molar-refractivity contribution in [1.29, 1.82) is 0 Å². The third-order valence-corrected chi connectivity index (χ3v) is 8.73. The number of carbonyl (C=O) groups excluding carboxylic acids is 3. The molecule has 8 heteroatoms. The number of fused-ring (bicyclic) bond motifs is 3. The largest absolute Gasteiger partial charge is 0.457 e. The highest BCUT2D eigenvalue weighted by atomic mass is 16.5. The van der Waals surface area contributed by atoms with E-state index in [2.05, 4.69) is 11.8 Å². The van der Waals surface area contributed by atoms with Crippen LogP contribution in [0.2, 0.25) is 0 Å². The van der Waals surface area contributed by atoms with Gasteiger partial charge in [0, 0.05) is 36.3 Å². The summed E-state index contributed by atoms with van der Waals surface area (Å²) in [7, 11) is 0. The number of esters is 2. The number of piperidine rings is 1. The smallest absolute Gasteiger partial charge is 0.338 e. The Balaban J connectivity index is 1.19. The van der Waals surface area contributed by atoms with Crippen LogP contribution in [0.3, 0.4) is 0 Å². The first kappa shape index (κ1) is 21.8. The van der Waals surface area contributed by atoms with Crippen LogP contribution in [0.5, 0.6) is 0 Å². The number of hydrogen-bond donors (Lipinski definition) is 1. The molecule has 1 aromatic rings. The van der Waals surface area contributed by atoms with Crippen molar-refractivity contribution in [3.63, 3.8) is 0 Å². The average molecular weight is 467 g/mol. The zero-order valence-electron chi connectivity index (χ0n) is 19.6. The van der Waals surface area contributed by atoms with Crippen molar-refractivity contribution in [3.8, 4) is 0 Å². The Labute approximate surface area is 198 Å². The fraction of sp³-hybridized carbons (Fsp3) is 0.577. The molecule has 5 aliphatic heterocycles. The van der Waals surface area contributed by atoms with Gasteiger partial charge in [0.1, 0.15) is 13.2 Å². The third kappa shape index (κ3) is 3.15. The van der Waals surface area contributed by atoms with Gasteiger partial charge in [-0.2, -0.15) is 0 Å². The monoisotopic (exact) mass is 466 g/mol. The SMILES string of the molecule is Cc1c([C@@H](O)CN2[C@@H]3CC[C@H]2C[C@]2(CC(C)N(C4=CC(=O)OC4)C2=O)C3)ccc2c1COC2=O. The quantitative estimate of drug-likeness (QED) is 0.681. The number of hydrogen-bond acceptors (Lipinski definition) is 7. The maximum atomic E-state index is 13.6. The predicted molar refractivity (Wildman–Crippen MR) is 120 cm³/mol. The summed E-state index contributed by atoms with van der Waals surface area (Å²) in [6, 6.07) is 4.15. The van der Waals surface area contributed by atoms with E-state index < -0.39 is 11.5 Å². The van der Waals surface area contributed by atoms with E-state index in [0.717, 1.165) is 48.8 Å². The van der Waals surface area contributed by atoms with E-state index in [0.29, 0.717) is 17.8 Å². The van der Waals surface area contributed by atoms with Crippen LogP contribution < -0.4 is 0 Å². The first-order valence-electron chi connectivity index (χ1n) is 12.2. The Kier molecular flexibility index (Phi) is 4.90. The van der Waals surface area contributed by atoms with Gasteiger partial charge in [-0.3, -0.25) is 9.69 Å². The van der Waals surface area contributed by atoms with Gasteiger partial charge >= 0.3 is 11.9 Å². The molecule has 0 aromatic heterocycles. The minimum Gasteiger partial charge on any atom is -0.457 e. The molecule has 1 unspecified atom stereocenters. The highest BCUT2D eigenvalue weighted by molar-refractivity contribution is 5.94. The zero-order chi connectivity index (χ0) is 23.8. The number of ether oxygens (including phenoxy) is 2. The topological polar surface area (TPSA) is 96.4 Å². The molecule has 8 nitrogen and oxygen atoms in total. The molecule has 0 saturated carbocycles. The number of likely N-dealkylation sites (tertiary alicyclic amines) is 1. The number of amides is 1. The molecular weight excluding hydrogens is 436 g/mol. The van der Waals surface area contributed by atoms with Crippen molar-refractivity contribution in [2.75, 3.05) is 13.2 Å². The van der Waals surface area contributed by atoms with E-state index in [1.165, 1.54) is 6.08 Å². The molecule has 0 aliphatic carbocycles. The van der Waals surface area contributed by atoms with Crippen LogP contribution in [0.25, 0.3) is 0 Å². The van der Waals surface area contributed by atoms with Gasteiger partial charge in [0.25, 0.3) is 0 Å². The molecule has 5 atom stereocenters. The number of benzene rings is 1. The Morgan fingerprint density at radius 2 is 1.82 bits per heavy atom. The van der Waals surface area contributed by atoms with Crippen LogP contribution in [0, 0.1) is 12.3 Å². The standard InChI is InChI=1S/C26H30N2O6/c1-14-8-26(25(32)28(14)18-7-23(30)33-12-18)9-16-3-4-17(10-26)27(16)11-22(29)19-5-6-20-21(15(19)2)13-34-24(20)31/h5-7,14,16-17,22,29H,3-4,8-13H2,1-2H3/t14?,16-,17+,22-,26+/m0/s1. The minimum atomic E-state index is -0.667. The molecule has 1 N–H and O–H groups in total. The molecule has 5 aliphatic rings. The van der Waals surface area contributed by atoms with Gasteiger partial charge in [0.2, 0.25) is 5.91 Å². The van der Waals surface area contributed by atoms with E-state index in [1.54, 1.807) is 11.0 Å². The van der Waals surface area contributed by atoms with Gasteiger partial charge in [0.05, 0.1) is 22.8 Å². The van der Waals surface area contributed by atoms with Crippen LogP contribution in [-0.4, -0.2) is 64.0 Å². The summed E-state index contributed by atoms with van der Waals surface area (Å²) in [6.07, 6.45) is 5.18. The van der Waals surface area contributed by atoms with Gasteiger partial charge in [0.15, 0.2) is 0 Å². The van der Waals surface area contributed by atoms with Crippen molar-refractivity contribution >= 4 is 17.8 Å². The number of rotatable bonds is 4. The second-order valence-corrected chi connectivity index (χ2v) is 10.6. The number of cyclic esters (lactones) is 2. The minimum absolute atomic E-state index is 0.0452. The molecule has 6 rings (SSSR count). The average Bonchev–Trinajstić information content (AvgIpc) is 3.50. The van der Waals surface area contributed by atoms with Gasteiger partial charge in [-0.15, -0.1) is 0 Å². The van der Waals surface area contributed by atoms with Crippen LogP contribution in [0.1, 0.15) is 72.2 Å². The molecule has 3 saturated heterocycles.